The number of hydrazine groups is 1. The summed E-state index contributed by atoms with van der Waals surface area (Å²) in [5, 5.41) is 0. The summed E-state index contributed by atoms with van der Waals surface area (Å²) in [6, 6.07) is 0. The number of hydrogen-bond donors (Lipinski definition) is 2. The van der Waals surface area contributed by atoms with Gasteiger partial charge in [-0.05, 0) is 12.8 Å². The molecule has 54 valence electrons. The highest BCUT2D eigenvalue weighted by Crippen LogP contribution is 2.18. The van der Waals surface area contributed by atoms with E-state index < -0.39 is 0 Å². The smallest absolute Gasteiger partial charge is 0.0109 e. The molecule has 9 heavy (non-hydrogen) atoms. The third-order valence-electron chi connectivity index (χ3n) is 1.20. The molecule has 1 fully saturated rings. The Kier molecular flexibility index (Phi) is 4.64. The molecule has 0 saturated carbocycles. The van der Waals surface area contributed by atoms with Crippen LogP contribution in [-0.4, -0.2) is 12.3 Å². The monoisotopic (exact) mass is 164 g/mol. The number of hydrogen-bond acceptors (Lipinski definition) is 4. The van der Waals surface area contributed by atoms with E-state index in [0.717, 1.165) is 6.54 Å². The molecule has 1 saturated heterocycles. The van der Waals surface area contributed by atoms with Gasteiger partial charge in [0.1, 0.15) is 0 Å². The summed E-state index contributed by atoms with van der Waals surface area (Å²) in [4.78, 5) is 3.06. The van der Waals surface area contributed by atoms with Crippen LogP contribution >= 0.6 is 21.8 Å². The Bertz CT molecular complexity index is 41.4. The first-order valence-electron chi connectivity index (χ1n) is 3.26. The second-order valence-corrected chi connectivity index (χ2v) is 4.22. The first-order chi connectivity index (χ1) is 4.50. The topological polar surface area (TPSA) is 24.1 Å². The van der Waals surface area contributed by atoms with Gasteiger partial charge in [-0.2, -0.15) is 4.83 Å². The maximum atomic E-state index is 3.12. The predicted molar refractivity (Wildman–Crippen MR) is 45.0 cm³/mol. The average Bonchev–Trinajstić information content (AvgIpc) is 2.00. The van der Waals surface area contributed by atoms with Gasteiger partial charge >= 0.3 is 0 Å². The van der Waals surface area contributed by atoms with Crippen molar-refractivity contribution in [1.29, 1.82) is 0 Å². The number of nitrogens with one attached hydrogen (secondary N) is 2. The summed E-state index contributed by atoms with van der Waals surface area (Å²) in [6.07, 6.45) is 4.03. The third kappa shape index (κ3) is 4.08. The molecule has 0 unspecified atom stereocenters. The fourth-order valence-corrected chi connectivity index (χ4v) is 2.29. The predicted octanol–water partition coefficient (Wildman–Crippen LogP) is 1.56. The zero-order valence-electron chi connectivity index (χ0n) is 5.35. The van der Waals surface area contributed by atoms with Crippen LogP contribution in [0.4, 0.5) is 0 Å². The molecule has 0 amide bonds. The Labute approximate surface area is 64.0 Å². The molecular weight excluding hydrogens is 152 g/mol. The van der Waals surface area contributed by atoms with Crippen molar-refractivity contribution < 1.29 is 0 Å². The molecule has 1 aliphatic heterocycles. The van der Waals surface area contributed by atoms with Crippen LogP contribution < -0.4 is 10.3 Å². The molecule has 0 atom stereocenters. The minimum atomic E-state index is 1.10. The van der Waals surface area contributed by atoms with Gasteiger partial charge in [0.05, 0.1) is 0 Å². The molecule has 0 spiro atoms. The van der Waals surface area contributed by atoms with Crippen LogP contribution in [0, 0.1) is 0 Å². The normalized spacial score (nSPS) is 24.0. The lowest BCUT2D eigenvalue weighted by molar-refractivity contribution is 0.616. The summed E-state index contributed by atoms with van der Waals surface area (Å²) in [5.74, 6) is 1.28. The van der Waals surface area contributed by atoms with E-state index in [0.29, 0.717) is 0 Å². The molecule has 0 bridgehead atoms. The quantitative estimate of drug-likeness (QED) is 0.419. The molecule has 0 aliphatic carbocycles. The molecular formula is C5H12N2S2. The molecule has 4 heteroatoms. The second-order valence-electron chi connectivity index (χ2n) is 1.99. The number of rotatable bonds is 0. The van der Waals surface area contributed by atoms with E-state index >= 15 is 0 Å². The Balaban J connectivity index is 2.02. The van der Waals surface area contributed by atoms with Crippen molar-refractivity contribution in [3.63, 3.8) is 0 Å². The first-order valence-corrected chi connectivity index (χ1v) is 5.58. The van der Waals surface area contributed by atoms with Crippen LogP contribution in [-0.2, 0) is 0 Å². The zero-order valence-corrected chi connectivity index (χ0v) is 6.99. The lowest BCUT2D eigenvalue weighted by Gasteiger charge is -1.99. The minimum Gasteiger partial charge on any atom is -0.247 e. The van der Waals surface area contributed by atoms with Crippen LogP contribution in [0.1, 0.15) is 19.3 Å². The van der Waals surface area contributed by atoms with Crippen LogP contribution in [0.3, 0.4) is 0 Å². The molecule has 0 aromatic heterocycles. The van der Waals surface area contributed by atoms with Gasteiger partial charge in [-0.3, -0.25) is 0 Å². The van der Waals surface area contributed by atoms with E-state index in [2.05, 4.69) is 10.3 Å². The lowest BCUT2D eigenvalue weighted by Crippen LogP contribution is -2.25. The highest BCUT2D eigenvalue weighted by Gasteiger charge is 1.94. The Morgan fingerprint density at radius 2 is 2.11 bits per heavy atom. The van der Waals surface area contributed by atoms with Gasteiger partial charge in [-0.25, -0.2) is 5.43 Å². The standard InChI is InChI=1S/C5H12N2S2/c1-2-4-6-7-9-8-5-3-1/h6-7H,1-5H2. The van der Waals surface area contributed by atoms with Gasteiger partial charge < -0.3 is 0 Å². The van der Waals surface area contributed by atoms with Gasteiger partial charge in [-0.1, -0.05) is 17.2 Å². The third-order valence-corrected chi connectivity index (χ3v) is 3.11. The largest absolute Gasteiger partial charge is 0.247 e. The van der Waals surface area contributed by atoms with Gasteiger partial charge in [0.15, 0.2) is 0 Å². The molecule has 0 aromatic rings. The van der Waals surface area contributed by atoms with E-state index in [4.69, 9.17) is 0 Å². The lowest BCUT2D eigenvalue weighted by atomic mass is 10.2. The molecule has 1 heterocycles. The van der Waals surface area contributed by atoms with Crippen LogP contribution in [0.25, 0.3) is 0 Å². The second kappa shape index (κ2) is 5.41. The van der Waals surface area contributed by atoms with Crippen LogP contribution in [0.2, 0.25) is 0 Å². The maximum absolute atomic E-state index is 3.12. The zero-order chi connectivity index (χ0) is 6.36. The molecule has 0 aromatic carbocycles. The summed E-state index contributed by atoms with van der Waals surface area (Å²) < 4.78 is 0. The highest BCUT2D eigenvalue weighted by molar-refractivity contribution is 8.75. The SMILES string of the molecule is C1CCNNSSCC1. The molecule has 1 rings (SSSR count). The molecule has 2 nitrogen and oxygen atoms in total. The summed E-state index contributed by atoms with van der Waals surface area (Å²) in [7, 11) is 3.58. The van der Waals surface area contributed by atoms with Crippen molar-refractivity contribution in [3.05, 3.63) is 0 Å². The molecule has 2 N–H and O–H groups in total. The van der Waals surface area contributed by atoms with Gasteiger partial charge in [0.25, 0.3) is 0 Å². The Morgan fingerprint density at radius 1 is 1.11 bits per heavy atom. The van der Waals surface area contributed by atoms with Gasteiger partial charge in [0, 0.05) is 23.3 Å². The summed E-state index contributed by atoms with van der Waals surface area (Å²) in [6.45, 7) is 1.10. The van der Waals surface area contributed by atoms with Crippen molar-refractivity contribution in [2.45, 2.75) is 19.3 Å². The fourth-order valence-electron chi connectivity index (χ4n) is 0.703. The molecule has 1 aliphatic rings. The van der Waals surface area contributed by atoms with E-state index in [9.17, 15) is 0 Å². The Hall–Kier alpha value is 0.620. The van der Waals surface area contributed by atoms with Gasteiger partial charge in [-0.15, -0.1) is 0 Å². The average molecular weight is 164 g/mol. The summed E-state index contributed by atoms with van der Waals surface area (Å²) >= 11 is 0. The first kappa shape index (κ1) is 7.72. The van der Waals surface area contributed by atoms with Crippen molar-refractivity contribution in [2.24, 2.45) is 0 Å². The fraction of sp³-hybridized carbons (Fsp3) is 1.00. The van der Waals surface area contributed by atoms with E-state index in [1.54, 1.807) is 11.0 Å². The van der Waals surface area contributed by atoms with Crippen molar-refractivity contribution >= 4 is 21.8 Å². The highest BCUT2D eigenvalue weighted by atomic mass is 33.1. The minimum absolute atomic E-state index is 1.10. The van der Waals surface area contributed by atoms with E-state index in [1.807, 2.05) is 10.8 Å². The van der Waals surface area contributed by atoms with Crippen molar-refractivity contribution in [1.82, 2.24) is 10.3 Å². The Morgan fingerprint density at radius 3 is 3.11 bits per heavy atom. The summed E-state index contributed by atoms with van der Waals surface area (Å²) in [5.41, 5.74) is 3.12. The van der Waals surface area contributed by atoms with Crippen molar-refractivity contribution in [2.75, 3.05) is 12.3 Å². The van der Waals surface area contributed by atoms with E-state index in [-0.39, 0.29) is 0 Å². The maximum Gasteiger partial charge on any atom is 0.0109 e. The van der Waals surface area contributed by atoms with Crippen LogP contribution in [0.15, 0.2) is 0 Å². The van der Waals surface area contributed by atoms with Crippen molar-refractivity contribution in [3.8, 4) is 0 Å². The molecule has 0 radical (unpaired) electrons. The van der Waals surface area contributed by atoms with E-state index in [1.165, 1.54) is 25.0 Å². The van der Waals surface area contributed by atoms with Crippen LogP contribution in [0.5, 0.6) is 0 Å². The van der Waals surface area contributed by atoms with Gasteiger partial charge in [0.2, 0.25) is 0 Å².